The van der Waals surface area contributed by atoms with Crippen LogP contribution in [0, 0.1) is 5.92 Å². The van der Waals surface area contributed by atoms with Gasteiger partial charge in [0.05, 0.1) is 13.7 Å². The lowest BCUT2D eigenvalue weighted by Gasteiger charge is -2.12. The molecule has 1 fully saturated rings. The predicted octanol–water partition coefficient (Wildman–Crippen LogP) is 3.81. The molecule has 7 heteroatoms. The fourth-order valence-corrected chi connectivity index (χ4v) is 3.25. The van der Waals surface area contributed by atoms with Crippen molar-refractivity contribution in [2.24, 2.45) is 5.92 Å². The zero-order chi connectivity index (χ0) is 20.1. The summed E-state index contributed by atoms with van der Waals surface area (Å²) >= 11 is 3.41. The Hall–Kier alpha value is -2.54. The first kappa shape index (κ1) is 20.2. The molecule has 148 valence electrons. The second-order valence-corrected chi connectivity index (χ2v) is 7.57. The van der Waals surface area contributed by atoms with Gasteiger partial charge < -0.3 is 9.47 Å². The van der Waals surface area contributed by atoms with Gasteiger partial charge in [-0.05, 0) is 54.7 Å². The molecule has 1 aliphatic rings. The molecular weight excluding hydrogens is 424 g/mol. The van der Waals surface area contributed by atoms with Crippen LogP contribution in [0.25, 0.3) is 0 Å². The minimum Gasteiger partial charge on any atom is -0.493 e. The number of carbonyl (C=O) groups is 2. The Kier molecular flexibility index (Phi) is 6.57. The van der Waals surface area contributed by atoms with Crippen LogP contribution < -0.4 is 20.3 Å². The van der Waals surface area contributed by atoms with Crippen LogP contribution in [-0.2, 0) is 4.79 Å². The molecule has 6 nitrogen and oxygen atoms in total. The van der Waals surface area contributed by atoms with Crippen molar-refractivity contribution in [3.8, 4) is 11.5 Å². The van der Waals surface area contributed by atoms with E-state index < -0.39 is 5.91 Å². The van der Waals surface area contributed by atoms with E-state index in [4.69, 9.17) is 9.47 Å². The third kappa shape index (κ3) is 4.84. The maximum absolute atomic E-state index is 12.3. The summed E-state index contributed by atoms with van der Waals surface area (Å²) in [6.07, 6.45) is 1.65. The van der Waals surface area contributed by atoms with Crippen LogP contribution in [0.15, 0.2) is 46.9 Å². The van der Waals surface area contributed by atoms with E-state index in [1.165, 1.54) is 7.11 Å². The lowest BCUT2D eigenvalue weighted by atomic mass is 10.1. The molecule has 3 rings (SSSR count). The molecule has 0 aromatic heterocycles. The number of rotatable bonds is 7. The molecule has 2 aromatic carbocycles. The number of hydrogen-bond acceptors (Lipinski definition) is 4. The number of ether oxygens (including phenoxy) is 2. The third-order valence-electron chi connectivity index (χ3n) is 4.61. The van der Waals surface area contributed by atoms with Gasteiger partial charge in [0.25, 0.3) is 5.91 Å². The number of nitrogens with one attached hydrogen (secondary N) is 2. The molecule has 0 spiro atoms. The van der Waals surface area contributed by atoms with Gasteiger partial charge in [-0.15, -0.1) is 0 Å². The predicted molar refractivity (Wildman–Crippen MR) is 109 cm³/mol. The first-order valence-electron chi connectivity index (χ1n) is 9.20. The highest BCUT2D eigenvalue weighted by atomic mass is 79.9. The van der Waals surface area contributed by atoms with Gasteiger partial charge >= 0.3 is 0 Å². The largest absolute Gasteiger partial charge is 0.493 e. The number of amides is 2. The number of carbonyl (C=O) groups excluding carboxylic acids is 2. The lowest BCUT2D eigenvalue weighted by Crippen LogP contribution is -2.42. The van der Waals surface area contributed by atoms with E-state index in [1.54, 1.807) is 18.2 Å². The van der Waals surface area contributed by atoms with E-state index in [0.717, 1.165) is 22.9 Å². The first-order chi connectivity index (χ1) is 13.5. The van der Waals surface area contributed by atoms with E-state index in [9.17, 15) is 9.59 Å². The van der Waals surface area contributed by atoms with Crippen molar-refractivity contribution in [3.05, 3.63) is 58.1 Å². The van der Waals surface area contributed by atoms with Crippen molar-refractivity contribution in [1.82, 2.24) is 10.9 Å². The molecule has 0 heterocycles. The molecule has 2 atom stereocenters. The van der Waals surface area contributed by atoms with Gasteiger partial charge in [0.2, 0.25) is 5.91 Å². The SMILES string of the molecule is CCCOc1ccc(C(=O)NNC(=O)C2CC2c2ccc(Br)cc2)cc1OC. The van der Waals surface area contributed by atoms with Gasteiger partial charge in [-0.3, -0.25) is 20.4 Å². The summed E-state index contributed by atoms with van der Waals surface area (Å²) in [6, 6.07) is 12.9. The van der Waals surface area contributed by atoms with Crippen molar-refractivity contribution in [1.29, 1.82) is 0 Å². The average Bonchev–Trinajstić information content (AvgIpc) is 3.51. The smallest absolute Gasteiger partial charge is 0.269 e. The van der Waals surface area contributed by atoms with Crippen LogP contribution in [0.3, 0.4) is 0 Å². The number of benzene rings is 2. The molecule has 2 N–H and O–H groups in total. The van der Waals surface area contributed by atoms with E-state index in [2.05, 4.69) is 26.8 Å². The van der Waals surface area contributed by atoms with Crippen LogP contribution in [-0.4, -0.2) is 25.5 Å². The molecule has 28 heavy (non-hydrogen) atoms. The van der Waals surface area contributed by atoms with E-state index in [-0.39, 0.29) is 17.7 Å². The second-order valence-electron chi connectivity index (χ2n) is 6.66. The van der Waals surface area contributed by atoms with Crippen LogP contribution in [0.2, 0.25) is 0 Å². The summed E-state index contributed by atoms with van der Waals surface area (Å²) in [7, 11) is 1.52. The summed E-state index contributed by atoms with van der Waals surface area (Å²) in [5.74, 6) is 0.539. The van der Waals surface area contributed by atoms with Crippen molar-refractivity contribution in [3.63, 3.8) is 0 Å². The highest BCUT2D eigenvalue weighted by molar-refractivity contribution is 9.10. The van der Waals surface area contributed by atoms with Crippen LogP contribution in [0.1, 0.15) is 41.6 Å². The summed E-state index contributed by atoms with van der Waals surface area (Å²) in [4.78, 5) is 24.7. The molecule has 0 saturated heterocycles. The van der Waals surface area contributed by atoms with Crippen LogP contribution in [0.5, 0.6) is 11.5 Å². The van der Waals surface area contributed by atoms with Gasteiger partial charge in [0.15, 0.2) is 11.5 Å². The Bertz CT molecular complexity index is 854. The molecule has 2 aromatic rings. The Morgan fingerprint density at radius 2 is 1.86 bits per heavy atom. The minimum absolute atomic E-state index is 0.124. The second kappa shape index (κ2) is 9.10. The van der Waals surface area contributed by atoms with E-state index in [1.807, 2.05) is 31.2 Å². The Morgan fingerprint density at radius 3 is 2.54 bits per heavy atom. The molecule has 2 amide bonds. The monoisotopic (exact) mass is 446 g/mol. The topological polar surface area (TPSA) is 76.7 Å². The number of methoxy groups -OCH3 is 1. The number of hydrazine groups is 1. The summed E-state index contributed by atoms with van der Waals surface area (Å²) in [5.41, 5.74) is 6.50. The summed E-state index contributed by atoms with van der Waals surface area (Å²) < 4.78 is 11.9. The zero-order valence-electron chi connectivity index (χ0n) is 15.8. The maximum Gasteiger partial charge on any atom is 0.269 e. The summed E-state index contributed by atoms with van der Waals surface area (Å²) in [5, 5.41) is 0. The first-order valence-corrected chi connectivity index (χ1v) is 9.99. The molecular formula is C21H23BrN2O4. The molecule has 2 unspecified atom stereocenters. The van der Waals surface area contributed by atoms with Crippen molar-refractivity contribution < 1.29 is 19.1 Å². The maximum atomic E-state index is 12.3. The molecule has 0 bridgehead atoms. The number of halogens is 1. The summed E-state index contributed by atoms with van der Waals surface area (Å²) in [6.45, 7) is 2.58. The fourth-order valence-electron chi connectivity index (χ4n) is 2.99. The quantitative estimate of drug-likeness (QED) is 0.633. The standard InChI is InChI=1S/C21H23BrN2O4/c1-3-10-28-18-9-6-14(11-19(18)27-2)20(25)23-24-21(26)17-12-16(17)13-4-7-15(22)8-5-13/h4-9,11,16-17H,3,10,12H2,1-2H3,(H,23,25)(H,24,26). The van der Waals surface area contributed by atoms with Gasteiger partial charge in [-0.25, -0.2) is 0 Å². The Morgan fingerprint density at radius 1 is 1.11 bits per heavy atom. The molecule has 1 saturated carbocycles. The van der Waals surface area contributed by atoms with Gasteiger partial charge in [-0.1, -0.05) is 35.0 Å². The van der Waals surface area contributed by atoms with Crippen molar-refractivity contribution >= 4 is 27.7 Å². The normalized spacial score (nSPS) is 17.5. The van der Waals surface area contributed by atoms with E-state index in [0.29, 0.717) is 23.7 Å². The number of hydrogen-bond donors (Lipinski definition) is 2. The average molecular weight is 447 g/mol. The van der Waals surface area contributed by atoms with Crippen molar-refractivity contribution in [2.45, 2.75) is 25.7 Å². The van der Waals surface area contributed by atoms with Gasteiger partial charge in [0.1, 0.15) is 0 Å². The Labute approximate surface area is 172 Å². The van der Waals surface area contributed by atoms with Crippen molar-refractivity contribution in [2.75, 3.05) is 13.7 Å². The third-order valence-corrected chi connectivity index (χ3v) is 5.14. The minimum atomic E-state index is -0.408. The van der Waals surface area contributed by atoms with Crippen LogP contribution >= 0.6 is 15.9 Å². The molecule has 0 radical (unpaired) electrons. The zero-order valence-corrected chi connectivity index (χ0v) is 17.4. The fraction of sp³-hybridized carbons (Fsp3) is 0.333. The lowest BCUT2D eigenvalue weighted by molar-refractivity contribution is -0.123. The van der Waals surface area contributed by atoms with E-state index >= 15 is 0 Å². The van der Waals surface area contributed by atoms with Gasteiger partial charge in [0, 0.05) is 16.0 Å². The highest BCUT2D eigenvalue weighted by Gasteiger charge is 2.44. The highest BCUT2D eigenvalue weighted by Crippen LogP contribution is 2.47. The Balaban J connectivity index is 1.54. The molecule has 0 aliphatic heterocycles. The van der Waals surface area contributed by atoms with Gasteiger partial charge in [-0.2, -0.15) is 0 Å². The van der Waals surface area contributed by atoms with Crippen LogP contribution in [0.4, 0.5) is 0 Å². The molecule has 1 aliphatic carbocycles.